The van der Waals surface area contributed by atoms with Gasteiger partial charge in [0.1, 0.15) is 0 Å². The first kappa shape index (κ1) is 14.6. The van der Waals surface area contributed by atoms with Crippen LogP contribution in [-0.4, -0.2) is 23.3 Å². The van der Waals surface area contributed by atoms with Gasteiger partial charge in [-0.15, -0.1) is 0 Å². The normalized spacial score (nSPS) is 17.7. The van der Waals surface area contributed by atoms with Crippen LogP contribution in [0.15, 0.2) is 18.5 Å². The minimum Gasteiger partial charge on any atom is -0.374 e. The van der Waals surface area contributed by atoms with Gasteiger partial charge in [-0.1, -0.05) is 6.92 Å². The van der Waals surface area contributed by atoms with E-state index in [0.717, 1.165) is 25.6 Å². The third-order valence-electron chi connectivity index (χ3n) is 3.53. The Hall–Kier alpha value is -0.800. The van der Waals surface area contributed by atoms with Crippen LogP contribution in [0.25, 0.3) is 0 Å². The van der Waals surface area contributed by atoms with Gasteiger partial charge in [0, 0.05) is 25.0 Å². The molecule has 1 saturated carbocycles. The van der Waals surface area contributed by atoms with Gasteiger partial charge >= 0.3 is 0 Å². The van der Waals surface area contributed by atoms with Crippen molar-refractivity contribution < 1.29 is 4.74 Å². The molecular weight excluding hydrogens is 236 g/mol. The Bertz CT molecular complexity index is 388. The van der Waals surface area contributed by atoms with Crippen LogP contribution < -0.4 is 5.32 Å². The van der Waals surface area contributed by atoms with E-state index in [0.29, 0.717) is 6.04 Å². The molecule has 0 bridgehead atoms. The van der Waals surface area contributed by atoms with E-state index < -0.39 is 0 Å². The molecule has 2 rings (SSSR count). The van der Waals surface area contributed by atoms with Crippen LogP contribution in [0, 0.1) is 5.92 Å². The lowest BCUT2D eigenvalue weighted by molar-refractivity contribution is -0.00680. The molecule has 0 spiro atoms. The van der Waals surface area contributed by atoms with Crippen LogP contribution in [0.5, 0.6) is 0 Å². The van der Waals surface area contributed by atoms with E-state index in [1.54, 1.807) is 0 Å². The van der Waals surface area contributed by atoms with E-state index in [4.69, 9.17) is 4.74 Å². The minimum absolute atomic E-state index is 0.0453. The highest BCUT2D eigenvalue weighted by atomic mass is 16.5. The van der Waals surface area contributed by atoms with Gasteiger partial charge in [-0.05, 0) is 57.7 Å². The van der Waals surface area contributed by atoms with Crippen molar-refractivity contribution in [1.82, 2.24) is 9.88 Å². The summed E-state index contributed by atoms with van der Waals surface area (Å²) in [5.74, 6) is 0.849. The number of hydrogen-bond donors (Lipinski definition) is 1. The number of aromatic nitrogens is 1. The highest BCUT2D eigenvalue weighted by Crippen LogP contribution is 2.40. The second kappa shape index (κ2) is 6.10. The summed E-state index contributed by atoms with van der Waals surface area (Å²) in [6.45, 7) is 11.2. The van der Waals surface area contributed by atoms with Gasteiger partial charge in [-0.2, -0.15) is 0 Å². The molecule has 0 radical (unpaired) electrons. The zero-order valence-electron chi connectivity index (χ0n) is 12.8. The second-order valence-corrected chi connectivity index (χ2v) is 6.52. The number of nitrogens with one attached hydrogen (secondary N) is 1. The first-order chi connectivity index (χ1) is 8.99. The summed E-state index contributed by atoms with van der Waals surface area (Å²) in [5.41, 5.74) is 1.39. The SMILES string of the molecule is CCNC(c1ccn(CCOC(C)(C)C)c1)C1CC1. The van der Waals surface area contributed by atoms with E-state index in [9.17, 15) is 0 Å². The molecule has 0 saturated heterocycles. The second-order valence-electron chi connectivity index (χ2n) is 6.52. The zero-order valence-corrected chi connectivity index (χ0v) is 12.8. The molecule has 1 unspecified atom stereocenters. The molecule has 1 N–H and O–H groups in total. The van der Waals surface area contributed by atoms with Crippen molar-refractivity contribution in [1.29, 1.82) is 0 Å². The van der Waals surface area contributed by atoms with E-state index in [2.05, 4.69) is 56.0 Å². The van der Waals surface area contributed by atoms with E-state index in [1.807, 2.05) is 0 Å². The highest BCUT2D eigenvalue weighted by molar-refractivity contribution is 5.18. The van der Waals surface area contributed by atoms with Gasteiger partial charge in [0.2, 0.25) is 0 Å². The molecule has 0 amide bonds. The maximum Gasteiger partial charge on any atom is 0.0652 e. The highest BCUT2D eigenvalue weighted by Gasteiger charge is 2.31. The fourth-order valence-corrected chi connectivity index (χ4v) is 2.45. The molecule has 1 fully saturated rings. The molecule has 1 heterocycles. The number of ether oxygens (including phenoxy) is 1. The molecule has 19 heavy (non-hydrogen) atoms. The van der Waals surface area contributed by atoms with Crippen molar-refractivity contribution in [2.24, 2.45) is 5.92 Å². The molecule has 1 aliphatic rings. The van der Waals surface area contributed by atoms with Gasteiger partial charge in [0.25, 0.3) is 0 Å². The fourth-order valence-electron chi connectivity index (χ4n) is 2.45. The fraction of sp³-hybridized carbons (Fsp3) is 0.750. The van der Waals surface area contributed by atoms with Crippen molar-refractivity contribution in [2.75, 3.05) is 13.2 Å². The van der Waals surface area contributed by atoms with Crippen LogP contribution in [0.3, 0.4) is 0 Å². The van der Waals surface area contributed by atoms with Crippen molar-refractivity contribution in [3.05, 3.63) is 24.0 Å². The summed E-state index contributed by atoms with van der Waals surface area (Å²) >= 11 is 0. The van der Waals surface area contributed by atoms with Gasteiger partial charge in [-0.25, -0.2) is 0 Å². The van der Waals surface area contributed by atoms with Crippen LogP contribution in [-0.2, 0) is 11.3 Å². The van der Waals surface area contributed by atoms with Crippen molar-refractivity contribution in [3.63, 3.8) is 0 Å². The molecule has 1 atom stereocenters. The van der Waals surface area contributed by atoms with Crippen LogP contribution >= 0.6 is 0 Å². The predicted molar refractivity (Wildman–Crippen MR) is 79.3 cm³/mol. The molecule has 3 nitrogen and oxygen atoms in total. The summed E-state index contributed by atoms with van der Waals surface area (Å²) in [4.78, 5) is 0. The quantitative estimate of drug-likeness (QED) is 0.817. The van der Waals surface area contributed by atoms with Crippen LogP contribution in [0.1, 0.15) is 52.1 Å². The topological polar surface area (TPSA) is 26.2 Å². The third-order valence-corrected chi connectivity index (χ3v) is 3.53. The lowest BCUT2D eigenvalue weighted by Gasteiger charge is -2.19. The Morgan fingerprint density at radius 1 is 1.42 bits per heavy atom. The molecule has 1 aromatic heterocycles. The van der Waals surface area contributed by atoms with Crippen LogP contribution in [0.4, 0.5) is 0 Å². The standard InChI is InChI=1S/C16H28N2O/c1-5-17-15(13-6-7-13)14-8-9-18(12-14)10-11-19-16(2,3)4/h8-9,12-13,15,17H,5-7,10-11H2,1-4H3. The van der Waals surface area contributed by atoms with Gasteiger partial charge < -0.3 is 14.6 Å². The Balaban J connectivity index is 1.87. The molecule has 1 aliphatic carbocycles. The van der Waals surface area contributed by atoms with E-state index in [-0.39, 0.29) is 5.60 Å². The Kier molecular flexibility index (Phi) is 4.69. The smallest absolute Gasteiger partial charge is 0.0652 e. The van der Waals surface area contributed by atoms with Crippen molar-refractivity contribution in [3.8, 4) is 0 Å². The van der Waals surface area contributed by atoms with Gasteiger partial charge in [-0.3, -0.25) is 0 Å². The Labute approximate surface area is 117 Å². The molecule has 0 aromatic carbocycles. The first-order valence-electron chi connectivity index (χ1n) is 7.52. The zero-order chi connectivity index (χ0) is 13.9. The Morgan fingerprint density at radius 2 is 2.16 bits per heavy atom. The van der Waals surface area contributed by atoms with E-state index in [1.165, 1.54) is 18.4 Å². The monoisotopic (exact) mass is 264 g/mol. The number of rotatable bonds is 7. The van der Waals surface area contributed by atoms with Gasteiger partial charge in [0.15, 0.2) is 0 Å². The molecule has 0 aliphatic heterocycles. The molecular formula is C16H28N2O. The van der Waals surface area contributed by atoms with E-state index >= 15 is 0 Å². The molecule has 108 valence electrons. The average Bonchev–Trinajstić information content (AvgIpc) is 3.05. The first-order valence-corrected chi connectivity index (χ1v) is 7.52. The molecule has 1 aromatic rings. The lowest BCUT2D eigenvalue weighted by atomic mass is 10.1. The Morgan fingerprint density at radius 3 is 2.74 bits per heavy atom. The van der Waals surface area contributed by atoms with Crippen molar-refractivity contribution in [2.45, 2.75) is 58.7 Å². The van der Waals surface area contributed by atoms with Crippen LogP contribution in [0.2, 0.25) is 0 Å². The van der Waals surface area contributed by atoms with Crippen molar-refractivity contribution >= 4 is 0 Å². The summed E-state index contributed by atoms with van der Waals surface area (Å²) in [6, 6.07) is 2.80. The predicted octanol–water partition coefficient (Wildman–Crippen LogP) is 3.36. The summed E-state index contributed by atoms with van der Waals surface area (Å²) in [5, 5.41) is 3.61. The lowest BCUT2D eigenvalue weighted by Crippen LogP contribution is -2.22. The maximum atomic E-state index is 5.77. The number of hydrogen-bond acceptors (Lipinski definition) is 2. The number of nitrogens with zero attached hydrogens (tertiary/aromatic N) is 1. The summed E-state index contributed by atoms with van der Waals surface area (Å²) in [6.07, 6.45) is 7.19. The third kappa shape index (κ3) is 4.66. The van der Waals surface area contributed by atoms with Gasteiger partial charge in [0.05, 0.1) is 12.2 Å². The molecule has 3 heteroatoms. The largest absolute Gasteiger partial charge is 0.374 e. The summed E-state index contributed by atoms with van der Waals surface area (Å²) in [7, 11) is 0. The minimum atomic E-state index is -0.0453. The summed E-state index contributed by atoms with van der Waals surface area (Å²) < 4.78 is 8.02. The average molecular weight is 264 g/mol. The maximum absolute atomic E-state index is 5.77.